The molecule has 4 rings (SSSR count). The standard InChI is InChI=1S/C23H26F3N7O/c1-13(15-4-3-5-16(21(15)24)22(25)26)29-23-17-10-19(28-12-18(17)30-14(2)31-23)32-6-8-33(9-7-32)20(34)11-27/h3-5,10,12-13,22H,6-9,11,27H2,1-2H3,(H,29,30,31). The summed E-state index contributed by atoms with van der Waals surface area (Å²) >= 11 is 0. The Kier molecular flexibility index (Phi) is 6.82. The summed E-state index contributed by atoms with van der Waals surface area (Å²) in [6.07, 6.45) is -1.26. The SMILES string of the molecule is Cc1nc(NC(C)c2cccc(C(F)F)c2F)c2cc(N3CCN(C(=O)CN)CC3)ncc2n1. The Bertz CT molecular complexity index is 1200. The number of carbonyl (C=O) groups is 1. The van der Waals surface area contributed by atoms with Crippen molar-refractivity contribution < 1.29 is 18.0 Å². The minimum absolute atomic E-state index is 0.0149. The fourth-order valence-corrected chi connectivity index (χ4v) is 4.09. The highest BCUT2D eigenvalue weighted by atomic mass is 19.3. The van der Waals surface area contributed by atoms with E-state index in [1.807, 2.05) is 6.07 Å². The zero-order valence-electron chi connectivity index (χ0n) is 18.9. The monoisotopic (exact) mass is 473 g/mol. The summed E-state index contributed by atoms with van der Waals surface area (Å²) in [6.45, 7) is 5.69. The van der Waals surface area contributed by atoms with Crippen LogP contribution in [0.2, 0.25) is 0 Å². The highest BCUT2D eigenvalue weighted by Crippen LogP contribution is 2.31. The lowest BCUT2D eigenvalue weighted by atomic mass is 10.0. The molecule has 0 radical (unpaired) electrons. The molecule has 11 heteroatoms. The van der Waals surface area contributed by atoms with Crippen LogP contribution in [-0.2, 0) is 4.79 Å². The van der Waals surface area contributed by atoms with E-state index in [1.54, 1.807) is 24.9 Å². The number of aryl methyl sites for hydroxylation is 1. The van der Waals surface area contributed by atoms with Gasteiger partial charge in [0.2, 0.25) is 5.91 Å². The van der Waals surface area contributed by atoms with Crippen molar-refractivity contribution in [2.24, 2.45) is 5.73 Å². The van der Waals surface area contributed by atoms with E-state index in [1.165, 1.54) is 12.1 Å². The number of benzene rings is 1. The molecular formula is C23H26F3N7O. The van der Waals surface area contributed by atoms with E-state index >= 15 is 0 Å². The number of halogens is 3. The van der Waals surface area contributed by atoms with Gasteiger partial charge in [0.25, 0.3) is 6.43 Å². The van der Waals surface area contributed by atoms with Gasteiger partial charge in [0.05, 0.1) is 29.9 Å². The summed E-state index contributed by atoms with van der Waals surface area (Å²) in [5.41, 5.74) is 5.55. The van der Waals surface area contributed by atoms with Crippen LogP contribution in [0.1, 0.15) is 36.3 Å². The molecule has 0 bridgehead atoms. The summed E-state index contributed by atoms with van der Waals surface area (Å²) in [5, 5.41) is 3.83. The van der Waals surface area contributed by atoms with E-state index in [4.69, 9.17) is 5.73 Å². The first-order chi connectivity index (χ1) is 16.3. The largest absolute Gasteiger partial charge is 0.363 e. The number of nitrogens with two attached hydrogens (primary N) is 1. The molecule has 1 amide bonds. The van der Waals surface area contributed by atoms with Gasteiger partial charge < -0.3 is 20.9 Å². The van der Waals surface area contributed by atoms with E-state index in [0.717, 1.165) is 6.07 Å². The number of nitrogens with zero attached hydrogens (tertiary/aromatic N) is 5. The smallest absolute Gasteiger partial charge is 0.266 e. The van der Waals surface area contributed by atoms with Gasteiger partial charge in [0, 0.05) is 37.1 Å². The number of nitrogens with one attached hydrogen (secondary N) is 1. The van der Waals surface area contributed by atoms with Gasteiger partial charge in [-0.3, -0.25) is 4.79 Å². The predicted octanol–water partition coefficient (Wildman–Crippen LogP) is 3.19. The van der Waals surface area contributed by atoms with Crippen molar-refractivity contribution in [1.29, 1.82) is 0 Å². The Morgan fingerprint density at radius 1 is 1.18 bits per heavy atom. The molecular weight excluding hydrogens is 447 g/mol. The molecule has 180 valence electrons. The number of aromatic nitrogens is 3. The number of fused-ring (bicyclic) bond motifs is 1. The van der Waals surface area contributed by atoms with Crippen molar-refractivity contribution in [3.05, 3.63) is 53.2 Å². The minimum atomic E-state index is -2.90. The van der Waals surface area contributed by atoms with Gasteiger partial charge >= 0.3 is 0 Å². The first-order valence-electron chi connectivity index (χ1n) is 11.0. The van der Waals surface area contributed by atoms with Gasteiger partial charge in [0.1, 0.15) is 23.3 Å². The van der Waals surface area contributed by atoms with Crippen molar-refractivity contribution in [3.8, 4) is 0 Å². The number of carbonyl (C=O) groups excluding carboxylic acids is 1. The maximum atomic E-state index is 14.7. The van der Waals surface area contributed by atoms with Crippen LogP contribution in [0.3, 0.4) is 0 Å². The van der Waals surface area contributed by atoms with E-state index in [-0.39, 0.29) is 18.0 Å². The second-order valence-corrected chi connectivity index (χ2v) is 8.17. The molecule has 1 aliphatic rings. The topological polar surface area (TPSA) is 100 Å². The average molecular weight is 474 g/mol. The lowest BCUT2D eigenvalue weighted by Gasteiger charge is -2.35. The Morgan fingerprint density at radius 2 is 1.88 bits per heavy atom. The quantitative estimate of drug-likeness (QED) is 0.567. The highest BCUT2D eigenvalue weighted by molar-refractivity contribution is 5.90. The van der Waals surface area contributed by atoms with Crippen LogP contribution in [0.15, 0.2) is 30.5 Å². The van der Waals surface area contributed by atoms with Crippen molar-refractivity contribution in [2.45, 2.75) is 26.3 Å². The molecule has 1 atom stereocenters. The number of amides is 1. The number of pyridine rings is 1. The third-order valence-corrected chi connectivity index (χ3v) is 5.92. The molecule has 1 saturated heterocycles. The summed E-state index contributed by atoms with van der Waals surface area (Å²) in [5.74, 6) is 0.629. The van der Waals surface area contributed by atoms with Crippen LogP contribution < -0.4 is 16.0 Å². The molecule has 1 fully saturated rings. The summed E-state index contributed by atoms with van der Waals surface area (Å²) < 4.78 is 41.0. The number of rotatable bonds is 6. The van der Waals surface area contributed by atoms with E-state index in [2.05, 4.69) is 25.2 Å². The average Bonchev–Trinajstić information content (AvgIpc) is 2.83. The molecule has 0 spiro atoms. The number of anilines is 2. The van der Waals surface area contributed by atoms with E-state index < -0.39 is 23.8 Å². The van der Waals surface area contributed by atoms with Gasteiger partial charge in [-0.2, -0.15) is 0 Å². The number of alkyl halides is 2. The van der Waals surface area contributed by atoms with Gasteiger partial charge in [-0.25, -0.2) is 28.1 Å². The third kappa shape index (κ3) is 4.74. The summed E-state index contributed by atoms with van der Waals surface area (Å²) in [4.78, 5) is 29.0. The van der Waals surface area contributed by atoms with Gasteiger partial charge in [-0.05, 0) is 19.9 Å². The lowest BCUT2D eigenvalue weighted by Crippen LogP contribution is -2.50. The molecule has 0 aliphatic carbocycles. The molecule has 3 N–H and O–H groups in total. The fourth-order valence-electron chi connectivity index (χ4n) is 4.09. The number of hydrogen-bond donors (Lipinski definition) is 2. The first kappa shape index (κ1) is 23.7. The minimum Gasteiger partial charge on any atom is -0.363 e. The van der Waals surface area contributed by atoms with Crippen LogP contribution in [-0.4, -0.2) is 58.5 Å². The normalized spacial score (nSPS) is 15.1. The second kappa shape index (κ2) is 9.80. The van der Waals surface area contributed by atoms with Gasteiger partial charge in [0.15, 0.2) is 0 Å². The number of hydrogen-bond acceptors (Lipinski definition) is 7. The van der Waals surface area contributed by atoms with E-state index in [0.29, 0.717) is 54.5 Å². The first-order valence-corrected chi connectivity index (χ1v) is 11.0. The molecule has 8 nitrogen and oxygen atoms in total. The van der Waals surface area contributed by atoms with Crippen molar-refractivity contribution in [2.75, 3.05) is 42.9 Å². The van der Waals surface area contributed by atoms with Crippen LogP contribution >= 0.6 is 0 Å². The Hall–Kier alpha value is -3.47. The summed E-state index contributed by atoms with van der Waals surface area (Å²) in [7, 11) is 0. The van der Waals surface area contributed by atoms with Crippen LogP contribution in [0, 0.1) is 12.7 Å². The Morgan fingerprint density at radius 3 is 2.56 bits per heavy atom. The van der Waals surface area contributed by atoms with Gasteiger partial charge in [-0.1, -0.05) is 18.2 Å². The lowest BCUT2D eigenvalue weighted by molar-refractivity contribution is -0.129. The second-order valence-electron chi connectivity index (χ2n) is 8.17. The molecule has 1 aromatic carbocycles. The molecule has 3 heterocycles. The van der Waals surface area contributed by atoms with Crippen molar-refractivity contribution >= 4 is 28.4 Å². The van der Waals surface area contributed by atoms with Crippen LogP contribution in [0.5, 0.6) is 0 Å². The maximum Gasteiger partial charge on any atom is 0.266 e. The molecule has 2 aromatic heterocycles. The van der Waals surface area contributed by atoms with Crippen LogP contribution in [0.4, 0.5) is 24.8 Å². The Labute approximate surface area is 195 Å². The third-order valence-electron chi connectivity index (χ3n) is 5.92. The van der Waals surface area contributed by atoms with Gasteiger partial charge in [-0.15, -0.1) is 0 Å². The number of piperazine rings is 1. The molecule has 1 unspecified atom stereocenters. The predicted molar refractivity (Wildman–Crippen MR) is 123 cm³/mol. The molecule has 3 aromatic rings. The molecule has 1 aliphatic heterocycles. The highest BCUT2D eigenvalue weighted by Gasteiger charge is 2.23. The zero-order valence-corrected chi connectivity index (χ0v) is 18.9. The Balaban J connectivity index is 1.62. The van der Waals surface area contributed by atoms with Crippen molar-refractivity contribution in [1.82, 2.24) is 19.9 Å². The molecule has 34 heavy (non-hydrogen) atoms. The molecule has 0 saturated carbocycles. The van der Waals surface area contributed by atoms with E-state index in [9.17, 15) is 18.0 Å². The fraction of sp³-hybridized carbons (Fsp3) is 0.391. The maximum absolute atomic E-state index is 14.7. The summed E-state index contributed by atoms with van der Waals surface area (Å²) in [6, 6.07) is 5.19. The van der Waals surface area contributed by atoms with Crippen molar-refractivity contribution in [3.63, 3.8) is 0 Å². The van der Waals surface area contributed by atoms with Crippen LogP contribution in [0.25, 0.3) is 10.9 Å². The zero-order chi connectivity index (χ0) is 24.4.